The van der Waals surface area contributed by atoms with E-state index >= 15 is 0 Å². The molecule has 0 aromatic heterocycles. The molecule has 0 amide bonds. The van der Waals surface area contributed by atoms with Gasteiger partial charge in [-0.25, -0.2) is 0 Å². The van der Waals surface area contributed by atoms with E-state index in [0.717, 1.165) is 6.42 Å². The van der Waals surface area contributed by atoms with E-state index in [2.05, 4.69) is 6.58 Å². The molecule has 74 valence electrons. The minimum atomic E-state index is 0.133. The number of aromatic hydroxyl groups is 1. The number of hydrogen-bond donors (Lipinski definition) is 2. The van der Waals surface area contributed by atoms with E-state index < -0.39 is 0 Å². The quantitative estimate of drug-likeness (QED) is 0.717. The van der Waals surface area contributed by atoms with Crippen molar-refractivity contribution in [1.29, 1.82) is 0 Å². The summed E-state index contributed by atoms with van der Waals surface area (Å²) >= 11 is 0. The molecule has 0 heterocycles. The molecule has 0 spiro atoms. The van der Waals surface area contributed by atoms with Crippen LogP contribution in [0.25, 0.3) is 11.8 Å². The summed E-state index contributed by atoms with van der Waals surface area (Å²) in [6.07, 6.45) is 3.98. The van der Waals surface area contributed by atoms with E-state index in [1.54, 1.807) is 24.3 Å². The number of phenolic OH excluding ortho intramolecular Hbond substituents is 1. The molecular formula is C12H14O2. The largest absolute Gasteiger partial charge is 0.508 e. The van der Waals surface area contributed by atoms with Crippen molar-refractivity contribution in [2.45, 2.75) is 13.3 Å². The van der Waals surface area contributed by atoms with Gasteiger partial charge in [-0.2, -0.15) is 0 Å². The van der Waals surface area contributed by atoms with Gasteiger partial charge in [0.1, 0.15) is 11.5 Å². The van der Waals surface area contributed by atoms with Gasteiger partial charge in [0.25, 0.3) is 0 Å². The summed E-state index contributed by atoms with van der Waals surface area (Å²) < 4.78 is 0. The first-order chi connectivity index (χ1) is 6.70. The topological polar surface area (TPSA) is 40.5 Å². The van der Waals surface area contributed by atoms with Crippen molar-refractivity contribution in [3.63, 3.8) is 0 Å². The zero-order valence-electron chi connectivity index (χ0n) is 8.20. The molecule has 1 aromatic carbocycles. The molecule has 1 rings (SSSR count). The van der Waals surface area contributed by atoms with Crippen LogP contribution in [-0.4, -0.2) is 10.2 Å². The Morgan fingerprint density at radius 1 is 1.50 bits per heavy atom. The second kappa shape index (κ2) is 4.51. The van der Waals surface area contributed by atoms with Crippen LogP contribution in [0.4, 0.5) is 0 Å². The molecule has 0 saturated carbocycles. The number of benzene rings is 1. The van der Waals surface area contributed by atoms with Crippen LogP contribution in [0.5, 0.6) is 5.75 Å². The van der Waals surface area contributed by atoms with Crippen molar-refractivity contribution in [2.75, 3.05) is 0 Å². The lowest BCUT2D eigenvalue weighted by Gasteiger charge is -2.06. The predicted octanol–water partition coefficient (Wildman–Crippen LogP) is 3.34. The third-order valence-corrected chi connectivity index (χ3v) is 1.96. The Hall–Kier alpha value is -1.70. The lowest BCUT2D eigenvalue weighted by atomic mass is 10.0. The number of hydrogen-bond acceptors (Lipinski definition) is 2. The van der Waals surface area contributed by atoms with Crippen LogP contribution in [0.3, 0.4) is 0 Å². The lowest BCUT2D eigenvalue weighted by molar-refractivity contribution is 0.471. The standard InChI is InChI=1S/C12H14O2/c1-3-6-11(13)10-7-5-8-12(14)9(10)4-2/h4-8,13-14H,2-3H2,1H3/b11-6+. The average Bonchev–Trinajstić information content (AvgIpc) is 2.17. The first-order valence-electron chi connectivity index (χ1n) is 4.54. The van der Waals surface area contributed by atoms with Crippen LogP contribution >= 0.6 is 0 Å². The highest BCUT2D eigenvalue weighted by Crippen LogP contribution is 2.26. The molecule has 14 heavy (non-hydrogen) atoms. The average molecular weight is 190 g/mol. The number of aliphatic hydroxyl groups excluding tert-OH is 1. The van der Waals surface area contributed by atoms with Gasteiger partial charge in [-0.05, 0) is 18.6 Å². The van der Waals surface area contributed by atoms with E-state index in [0.29, 0.717) is 11.1 Å². The second-order valence-electron chi connectivity index (χ2n) is 2.94. The third-order valence-electron chi connectivity index (χ3n) is 1.96. The van der Waals surface area contributed by atoms with Gasteiger partial charge in [0, 0.05) is 11.1 Å². The Labute approximate surface area is 83.8 Å². The fourth-order valence-corrected chi connectivity index (χ4v) is 1.29. The van der Waals surface area contributed by atoms with Crippen molar-refractivity contribution < 1.29 is 10.2 Å². The SMILES string of the molecule is C=Cc1c(O)cccc1/C(O)=C\CC. The summed E-state index contributed by atoms with van der Waals surface area (Å²) in [7, 11) is 0. The Bertz CT molecular complexity index is 365. The van der Waals surface area contributed by atoms with Crippen LogP contribution in [0, 0.1) is 0 Å². The van der Waals surface area contributed by atoms with E-state index in [1.807, 2.05) is 6.92 Å². The van der Waals surface area contributed by atoms with Crippen LogP contribution < -0.4 is 0 Å². The first-order valence-corrected chi connectivity index (χ1v) is 4.54. The highest BCUT2D eigenvalue weighted by molar-refractivity contribution is 5.72. The zero-order valence-corrected chi connectivity index (χ0v) is 8.20. The van der Waals surface area contributed by atoms with Crippen LogP contribution in [-0.2, 0) is 0 Å². The maximum Gasteiger partial charge on any atom is 0.123 e. The van der Waals surface area contributed by atoms with Gasteiger partial charge in [-0.3, -0.25) is 0 Å². The van der Waals surface area contributed by atoms with Crippen molar-refractivity contribution in [2.24, 2.45) is 0 Å². The molecule has 0 aliphatic heterocycles. The van der Waals surface area contributed by atoms with Gasteiger partial charge in [0.15, 0.2) is 0 Å². The second-order valence-corrected chi connectivity index (χ2v) is 2.94. The van der Waals surface area contributed by atoms with Crippen LogP contribution in [0.2, 0.25) is 0 Å². The van der Waals surface area contributed by atoms with Crippen molar-refractivity contribution in [3.8, 4) is 5.75 Å². The molecule has 0 saturated heterocycles. The first kappa shape index (κ1) is 10.4. The van der Waals surface area contributed by atoms with E-state index in [1.165, 1.54) is 6.08 Å². The minimum absolute atomic E-state index is 0.133. The Morgan fingerprint density at radius 2 is 2.21 bits per heavy atom. The van der Waals surface area contributed by atoms with Gasteiger partial charge in [-0.1, -0.05) is 31.7 Å². The van der Waals surface area contributed by atoms with Crippen molar-refractivity contribution in [1.82, 2.24) is 0 Å². The number of aliphatic hydroxyl groups is 1. The predicted molar refractivity (Wildman–Crippen MR) is 59.1 cm³/mol. The normalized spacial score (nSPS) is 11.4. The molecule has 0 fully saturated rings. The molecule has 2 heteroatoms. The Kier molecular flexibility index (Phi) is 3.35. The smallest absolute Gasteiger partial charge is 0.123 e. The van der Waals surface area contributed by atoms with E-state index in [-0.39, 0.29) is 11.5 Å². The summed E-state index contributed by atoms with van der Waals surface area (Å²) in [5.41, 5.74) is 1.18. The number of allylic oxidation sites excluding steroid dienone is 1. The molecular weight excluding hydrogens is 176 g/mol. The number of phenols is 1. The maximum atomic E-state index is 9.66. The molecule has 2 N–H and O–H groups in total. The molecule has 2 nitrogen and oxygen atoms in total. The third kappa shape index (κ3) is 1.96. The van der Waals surface area contributed by atoms with Gasteiger partial charge in [0.05, 0.1) is 0 Å². The minimum Gasteiger partial charge on any atom is -0.508 e. The van der Waals surface area contributed by atoms with E-state index in [4.69, 9.17) is 0 Å². The molecule has 0 bridgehead atoms. The fourth-order valence-electron chi connectivity index (χ4n) is 1.29. The van der Waals surface area contributed by atoms with Crippen LogP contribution in [0.1, 0.15) is 24.5 Å². The molecule has 0 unspecified atom stereocenters. The highest BCUT2D eigenvalue weighted by atomic mass is 16.3. The van der Waals surface area contributed by atoms with Gasteiger partial charge in [-0.15, -0.1) is 0 Å². The zero-order chi connectivity index (χ0) is 10.6. The van der Waals surface area contributed by atoms with Gasteiger partial charge < -0.3 is 10.2 Å². The summed E-state index contributed by atoms with van der Waals surface area (Å²) in [5, 5.41) is 19.2. The summed E-state index contributed by atoms with van der Waals surface area (Å²) in [4.78, 5) is 0. The highest BCUT2D eigenvalue weighted by Gasteiger charge is 2.06. The van der Waals surface area contributed by atoms with Crippen LogP contribution in [0.15, 0.2) is 30.9 Å². The lowest BCUT2D eigenvalue weighted by Crippen LogP contribution is -1.88. The summed E-state index contributed by atoms with van der Waals surface area (Å²) in [6.45, 7) is 5.53. The molecule has 0 aliphatic carbocycles. The summed E-state index contributed by atoms with van der Waals surface area (Å²) in [6, 6.07) is 5.01. The van der Waals surface area contributed by atoms with Gasteiger partial charge >= 0.3 is 0 Å². The molecule has 1 aromatic rings. The Balaban J connectivity index is 3.27. The Morgan fingerprint density at radius 3 is 2.79 bits per heavy atom. The number of rotatable bonds is 3. The summed E-state index contributed by atoms with van der Waals surface area (Å²) in [5.74, 6) is 0.312. The van der Waals surface area contributed by atoms with E-state index in [9.17, 15) is 10.2 Å². The fraction of sp³-hybridized carbons (Fsp3) is 0.167. The van der Waals surface area contributed by atoms with Crippen molar-refractivity contribution in [3.05, 3.63) is 42.0 Å². The van der Waals surface area contributed by atoms with Gasteiger partial charge in [0.2, 0.25) is 0 Å². The monoisotopic (exact) mass is 190 g/mol. The maximum absolute atomic E-state index is 9.66. The molecule has 0 atom stereocenters. The molecule has 0 aliphatic rings. The van der Waals surface area contributed by atoms with Crippen molar-refractivity contribution >= 4 is 11.8 Å². The molecule has 0 radical (unpaired) electrons.